The van der Waals surface area contributed by atoms with Crippen LogP contribution in [0.3, 0.4) is 0 Å². The van der Waals surface area contributed by atoms with Gasteiger partial charge in [-0.15, -0.1) is 0 Å². The SMILES string of the molecule is CCOc1ccc(CNc2ccc(C)cc2F)cc1OC. The summed E-state index contributed by atoms with van der Waals surface area (Å²) in [6.45, 7) is 4.89. The average Bonchev–Trinajstić information content (AvgIpc) is 2.47. The smallest absolute Gasteiger partial charge is 0.161 e. The molecule has 3 nitrogen and oxygen atoms in total. The number of methoxy groups -OCH3 is 1. The molecule has 0 fully saturated rings. The van der Waals surface area contributed by atoms with Crippen LogP contribution < -0.4 is 14.8 Å². The highest BCUT2D eigenvalue weighted by molar-refractivity contribution is 5.48. The molecule has 2 rings (SSSR count). The molecule has 0 heterocycles. The lowest BCUT2D eigenvalue weighted by Crippen LogP contribution is -2.03. The van der Waals surface area contributed by atoms with Crippen LogP contribution in [-0.2, 0) is 6.54 Å². The summed E-state index contributed by atoms with van der Waals surface area (Å²) in [5.74, 6) is 1.15. The van der Waals surface area contributed by atoms with E-state index in [0.29, 0.717) is 30.3 Å². The summed E-state index contributed by atoms with van der Waals surface area (Å²) in [6.07, 6.45) is 0. The van der Waals surface area contributed by atoms with E-state index in [2.05, 4.69) is 5.32 Å². The molecule has 0 spiro atoms. The van der Waals surface area contributed by atoms with Gasteiger partial charge >= 0.3 is 0 Å². The topological polar surface area (TPSA) is 30.5 Å². The minimum Gasteiger partial charge on any atom is -0.493 e. The van der Waals surface area contributed by atoms with Crippen LogP contribution in [0.15, 0.2) is 36.4 Å². The van der Waals surface area contributed by atoms with Crippen molar-refractivity contribution in [3.63, 3.8) is 0 Å². The first-order valence-electron chi connectivity index (χ1n) is 6.93. The Balaban J connectivity index is 2.09. The number of hydrogen-bond donors (Lipinski definition) is 1. The van der Waals surface area contributed by atoms with Crippen LogP contribution in [0.1, 0.15) is 18.1 Å². The molecule has 0 radical (unpaired) electrons. The molecular weight excluding hydrogens is 269 g/mol. The van der Waals surface area contributed by atoms with Crippen LogP contribution in [0.25, 0.3) is 0 Å². The zero-order chi connectivity index (χ0) is 15.2. The first-order chi connectivity index (χ1) is 10.1. The summed E-state index contributed by atoms with van der Waals surface area (Å²) in [4.78, 5) is 0. The molecule has 0 aliphatic carbocycles. The molecule has 4 heteroatoms. The zero-order valence-corrected chi connectivity index (χ0v) is 12.6. The van der Waals surface area contributed by atoms with Crippen molar-refractivity contribution >= 4 is 5.69 Å². The summed E-state index contributed by atoms with van der Waals surface area (Å²) in [5.41, 5.74) is 2.39. The normalized spacial score (nSPS) is 10.3. The fraction of sp³-hybridized carbons (Fsp3) is 0.294. The van der Waals surface area contributed by atoms with Gasteiger partial charge in [0.1, 0.15) is 5.82 Å². The maximum absolute atomic E-state index is 13.8. The second-order valence-electron chi connectivity index (χ2n) is 4.76. The van der Waals surface area contributed by atoms with E-state index in [1.165, 1.54) is 6.07 Å². The minimum absolute atomic E-state index is 0.243. The monoisotopic (exact) mass is 289 g/mol. The van der Waals surface area contributed by atoms with Crippen molar-refractivity contribution in [2.24, 2.45) is 0 Å². The lowest BCUT2D eigenvalue weighted by molar-refractivity contribution is 0.310. The fourth-order valence-corrected chi connectivity index (χ4v) is 2.06. The summed E-state index contributed by atoms with van der Waals surface area (Å²) in [7, 11) is 1.61. The lowest BCUT2D eigenvalue weighted by atomic mass is 10.1. The van der Waals surface area contributed by atoms with Gasteiger partial charge in [-0.1, -0.05) is 12.1 Å². The molecule has 0 saturated heterocycles. The van der Waals surface area contributed by atoms with E-state index in [1.54, 1.807) is 13.2 Å². The van der Waals surface area contributed by atoms with E-state index >= 15 is 0 Å². The van der Waals surface area contributed by atoms with E-state index < -0.39 is 0 Å². The summed E-state index contributed by atoms with van der Waals surface area (Å²) >= 11 is 0. The van der Waals surface area contributed by atoms with Crippen LogP contribution in [0.2, 0.25) is 0 Å². The average molecular weight is 289 g/mol. The van der Waals surface area contributed by atoms with Crippen molar-refractivity contribution in [2.75, 3.05) is 19.0 Å². The third-order valence-electron chi connectivity index (χ3n) is 3.14. The van der Waals surface area contributed by atoms with Crippen molar-refractivity contribution in [2.45, 2.75) is 20.4 Å². The molecule has 0 bridgehead atoms. The first kappa shape index (κ1) is 15.2. The molecule has 0 saturated carbocycles. The lowest BCUT2D eigenvalue weighted by Gasteiger charge is -2.12. The van der Waals surface area contributed by atoms with Gasteiger partial charge in [0.25, 0.3) is 0 Å². The number of halogens is 1. The number of hydrogen-bond acceptors (Lipinski definition) is 3. The Hall–Kier alpha value is -2.23. The van der Waals surface area contributed by atoms with Gasteiger partial charge < -0.3 is 14.8 Å². The highest BCUT2D eigenvalue weighted by atomic mass is 19.1. The van der Waals surface area contributed by atoms with Gasteiger partial charge in [-0.05, 0) is 49.2 Å². The van der Waals surface area contributed by atoms with E-state index in [1.807, 2.05) is 38.1 Å². The summed E-state index contributed by atoms with van der Waals surface area (Å²) < 4.78 is 24.5. The van der Waals surface area contributed by atoms with Crippen LogP contribution >= 0.6 is 0 Å². The van der Waals surface area contributed by atoms with E-state index in [-0.39, 0.29) is 5.82 Å². The van der Waals surface area contributed by atoms with Crippen LogP contribution in [-0.4, -0.2) is 13.7 Å². The summed E-state index contributed by atoms with van der Waals surface area (Å²) in [5, 5.41) is 3.09. The fourth-order valence-electron chi connectivity index (χ4n) is 2.06. The maximum Gasteiger partial charge on any atom is 0.161 e. The first-order valence-corrected chi connectivity index (χ1v) is 6.93. The second-order valence-corrected chi connectivity index (χ2v) is 4.76. The summed E-state index contributed by atoms with van der Waals surface area (Å²) in [6, 6.07) is 10.8. The van der Waals surface area contributed by atoms with Crippen molar-refractivity contribution in [1.29, 1.82) is 0 Å². The van der Waals surface area contributed by atoms with Crippen molar-refractivity contribution < 1.29 is 13.9 Å². The maximum atomic E-state index is 13.8. The number of ether oxygens (including phenoxy) is 2. The van der Waals surface area contributed by atoms with Gasteiger partial charge in [-0.2, -0.15) is 0 Å². The van der Waals surface area contributed by atoms with Gasteiger partial charge in [0.15, 0.2) is 11.5 Å². The van der Waals surface area contributed by atoms with E-state index in [0.717, 1.165) is 11.1 Å². The zero-order valence-electron chi connectivity index (χ0n) is 12.6. The van der Waals surface area contributed by atoms with Gasteiger partial charge in [0, 0.05) is 6.54 Å². The Morgan fingerprint density at radius 1 is 1.10 bits per heavy atom. The second kappa shape index (κ2) is 6.97. The van der Waals surface area contributed by atoms with Crippen molar-refractivity contribution in [1.82, 2.24) is 0 Å². The molecule has 21 heavy (non-hydrogen) atoms. The Kier molecular flexibility index (Phi) is 5.04. The van der Waals surface area contributed by atoms with Gasteiger partial charge in [-0.3, -0.25) is 0 Å². The van der Waals surface area contributed by atoms with Crippen molar-refractivity contribution in [3.05, 3.63) is 53.3 Å². The molecule has 0 aromatic heterocycles. The highest BCUT2D eigenvalue weighted by Crippen LogP contribution is 2.28. The molecule has 0 amide bonds. The van der Waals surface area contributed by atoms with Gasteiger partial charge in [-0.25, -0.2) is 4.39 Å². The van der Waals surface area contributed by atoms with E-state index in [4.69, 9.17) is 9.47 Å². The molecule has 0 aliphatic rings. The molecule has 1 N–H and O–H groups in total. The Bertz CT molecular complexity index is 614. The molecule has 0 atom stereocenters. The third kappa shape index (κ3) is 3.88. The third-order valence-corrected chi connectivity index (χ3v) is 3.14. The standard InChI is InChI=1S/C17H20FNO2/c1-4-21-16-8-6-13(10-17(16)20-3)11-19-15-7-5-12(2)9-14(15)18/h5-10,19H,4,11H2,1-3H3. The predicted octanol–water partition coefficient (Wildman–Crippen LogP) is 4.15. The molecule has 0 unspecified atom stereocenters. The number of anilines is 1. The van der Waals surface area contributed by atoms with E-state index in [9.17, 15) is 4.39 Å². The van der Waals surface area contributed by atoms with Crippen molar-refractivity contribution in [3.8, 4) is 11.5 Å². The Morgan fingerprint density at radius 3 is 2.57 bits per heavy atom. The molecule has 2 aromatic carbocycles. The van der Waals surface area contributed by atoms with Crippen LogP contribution in [0.5, 0.6) is 11.5 Å². The van der Waals surface area contributed by atoms with Crippen LogP contribution in [0, 0.1) is 12.7 Å². The number of nitrogens with one attached hydrogen (secondary N) is 1. The van der Waals surface area contributed by atoms with Crippen LogP contribution in [0.4, 0.5) is 10.1 Å². The van der Waals surface area contributed by atoms with Gasteiger partial charge in [0.05, 0.1) is 19.4 Å². The predicted molar refractivity (Wildman–Crippen MR) is 82.6 cm³/mol. The highest BCUT2D eigenvalue weighted by Gasteiger charge is 2.06. The number of aryl methyl sites for hydroxylation is 1. The largest absolute Gasteiger partial charge is 0.493 e. The Morgan fingerprint density at radius 2 is 1.90 bits per heavy atom. The molecule has 2 aromatic rings. The molecular formula is C17H20FNO2. The Labute approximate surface area is 124 Å². The number of benzene rings is 2. The van der Waals surface area contributed by atoms with Gasteiger partial charge in [0.2, 0.25) is 0 Å². The minimum atomic E-state index is -0.243. The molecule has 112 valence electrons. The quantitative estimate of drug-likeness (QED) is 0.866. The number of rotatable bonds is 6. The molecule has 0 aliphatic heterocycles.